The summed E-state index contributed by atoms with van der Waals surface area (Å²) >= 11 is 1.66. The second-order valence-corrected chi connectivity index (χ2v) is 9.02. The van der Waals surface area contributed by atoms with Crippen molar-refractivity contribution in [3.8, 4) is 11.3 Å². The van der Waals surface area contributed by atoms with Gasteiger partial charge in [-0.2, -0.15) is 0 Å². The first-order chi connectivity index (χ1) is 11.9. The molecule has 0 unspecified atom stereocenters. The Morgan fingerprint density at radius 2 is 1.77 bits per heavy atom. The molecule has 0 spiro atoms. The van der Waals surface area contributed by atoms with E-state index >= 15 is 0 Å². The lowest BCUT2D eigenvalue weighted by Crippen LogP contribution is -2.44. The number of likely N-dealkylation sites (N-methyl/N-ethyl adjacent to an activating group) is 1. The van der Waals surface area contributed by atoms with E-state index in [1.165, 1.54) is 10.6 Å². The van der Waals surface area contributed by atoms with Crippen LogP contribution in [-0.4, -0.2) is 64.3 Å². The van der Waals surface area contributed by atoms with Crippen LogP contribution in [0.4, 0.5) is 10.8 Å². The Bertz CT molecular complexity index is 816. The molecule has 0 amide bonds. The van der Waals surface area contributed by atoms with E-state index in [2.05, 4.69) is 22.2 Å². The van der Waals surface area contributed by atoms with Crippen LogP contribution in [0.1, 0.15) is 6.92 Å². The fourth-order valence-corrected chi connectivity index (χ4v) is 4.81. The van der Waals surface area contributed by atoms with E-state index in [1.807, 2.05) is 31.2 Å². The molecule has 0 bridgehead atoms. The third-order valence-corrected chi connectivity index (χ3v) is 6.58. The molecule has 1 fully saturated rings. The van der Waals surface area contributed by atoms with Crippen LogP contribution in [0.15, 0.2) is 29.6 Å². The van der Waals surface area contributed by atoms with Crippen LogP contribution < -0.4 is 9.21 Å². The maximum absolute atomic E-state index is 11.8. The highest BCUT2D eigenvalue weighted by atomic mass is 35.5. The fraction of sp³-hybridized carbons (Fsp3) is 0.471. The lowest BCUT2D eigenvalue weighted by molar-refractivity contribution is 0.313. The quantitative estimate of drug-likeness (QED) is 0.750. The van der Waals surface area contributed by atoms with Crippen molar-refractivity contribution in [1.82, 2.24) is 9.88 Å². The van der Waals surface area contributed by atoms with Gasteiger partial charge in [0.1, 0.15) is 0 Å². The molecule has 0 atom stereocenters. The molecule has 9 heteroatoms. The van der Waals surface area contributed by atoms with Crippen LogP contribution in [0.3, 0.4) is 0 Å². The van der Waals surface area contributed by atoms with Crippen LogP contribution in [0.25, 0.3) is 11.3 Å². The van der Waals surface area contributed by atoms with Crippen LogP contribution >= 0.6 is 23.7 Å². The zero-order chi connectivity index (χ0) is 18.0. The van der Waals surface area contributed by atoms with E-state index in [0.29, 0.717) is 12.2 Å². The predicted molar refractivity (Wildman–Crippen MR) is 112 cm³/mol. The highest BCUT2D eigenvalue weighted by Crippen LogP contribution is 2.29. The Labute approximate surface area is 165 Å². The average Bonchev–Trinajstić information content (AvgIpc) is 3.05. The van der Waals surface area contributed by atoms with Crippen LogP contribution in [0, 0.1) is 0 Å². The molecule has 1 aliphatic heterocycles. The van der Waals surface area contributed by atoms with Crippen molar-refractivity contribution in [2.24, 2.45) is 0 Å². The molecule has 144 valence electrons. The summed E-state index contributed by atoms with van der Waals surface area (Å²) < 4.78 is 25.0. The van der Waals surface area contributed by atoms with Gasteiger partial charge < -0.3 is 9.80 Å². The number of rotatable bonds is 5. The molecule has 6 nitrogen and oxygen atoms in total. The molecule has 1 aliphatic rings. The molecule has 3 rings (SSSR count). The van der Waals surface area contributed by atoms with Gasteiger partial charge in [-0.15, -0.1) is 23.7 Å². The Morgan fingerprint density at radius 3 is 2.31 bits per heavy atom. The number of aromatic nitrogens is 1. The van der Waals surface area contributed by atoms with E-state index in [9.17, 15) is 8.42 Å². The van der Waals surface area contributed by atoms with Gasteiger partial charge in [-0.05, 0) is 26.1 Å². The standard InChI is InChI=1S/C17H24N4O2S2.ClH/c1-4-21(25(3,22)23)15-7-5-14(6-8-15)16-13-24-17(18-16)20-11-9-19(2)10-12-20;/h5-8,13H,4,9-12H2,1-3H3;1H. The van der Waals surface area contributed by atoms with Gasteiger partial charge in [0.05, 0.1) is 17.6 Å². The normalized spacial score (nSPS) is 15.6. The second kappa shape index (κ2) is 8.56. The number of nitrogens with zero attached hydrogens (tertiary/aromatic N) is 4. The van der Waals surface area contributed by atoms with Crippen LogP contribution in [0.5, 0.6) is 0 Å². The molecule has 2 heterocycles. The van der Waals surface area contributed by atoms with Gasteiger partial charge in [0.25, 0.3) is 0 Å². The Morgan fingerprint density at radius 1 is 1.15 bits per heavy atom. The lowest BCUT2D eigenvalue weighted by atomic mass is 10.1. The van der Waals surface area contributed by atoms with Gasteiger partial charge >= 0.3 is 0 Å². The number of anilines is 2. The maximum atomic E-state index is 11.8. The molecule has 0 radical (unpaired) electrons. The highest BCUT2D eigenvalue weighted by Gasteiger charge is 2.18. The lowest BCUT2D eigenvalue weighted by Gasteiger charge is -2.32. The monoisotopic (exact) mass is 416 g/mol. The van der Waals surface area contributed by atoms with Gasteiger partial charge in [-0.1, -0.05) is 12.1 Å². The van der Waals surface area contributed by atoms with Crippen molar-refractivity contribution >= 4 is 44.6 Å². The molecular formula is C17H25ClN4O2S2. The molecule has 2 aromatic rings. The molecule has 26 heavy (non-hydrogen) atoms. The summed E-state index contributed by atoms with van der Waals surface area (Å²) in [5.74, 6) is 0. The number of halogens is 1. The highest BCUT2D eigenvalue weighted by molar-refractivity contribution is 7.92. The summed E-state index contributed by atoms with van der Waals surface area (Å²) in [5.41, 5.74) is 2.63. The largest absolute Gasteiger partial charge is 0.346 e. The Kier molecular flexibility index (Phi) is 6.90. The van der Waals surface area contributed by atoms with Crippen LogP contribution in [0.2, 0.25) is 0 Å². The summed E-state index contributed by atoms with van der Waals surface area (Å²) in [6.07, 6.45) is 1.23. The van der Waals surface area contributed by atoms with E-state index in [4.69, 9.17) is 4.98 Å². The molecule has 1 saturated heterocycles. The van der Waals surface area contributed by atoms with E-state index in [0.717, 1.165) is 42.6 Å². The summed E-state index contributed by atoms with van der Waals surface area (Å²) in [5, 5.41) is 3.12. The van der Waals surface area contributed by atoms with E-state index in [1.54, 1.807) is 11.3 Å². The first kappa shape index (κ1) is 21.0. The van der Waals surface area contributed by atoms with Crippen LogP contribution in [-0.2, 0) is 10.0 Å². The van der Waals surface area contributed by atoms with Crippen molar-refractivity contribution in [2.45, 2.75) is 6.92 Å². The van der Waals surface area contributed by atoms with Gasteiger partial charge in [0.2, 0.25) is 10.0 Å². The van der Waals surface area contributed by atoms with Gasteiger partial charge in [0.15, 0.2) is 5.13 Å². The first-order valence-corrected chi connectivity index (χ1v) is 11.1. The molecule has 1 aromatic carbocycles. The SMILES string of the molecule is CCN(c1ccc(-c2csc(N3CCN(C)CC3)n2)cc1)S(C)(=O)=O.Cl. The zero-order valence-corrected chi connectivity index (χ0v) is 17.7. The second-order valence-electron chi connectivity index (χ2n) is 6.28. The average molecular weight is 417 g/mol. The van der Waals surface area contributed by atoms with Crippen molar-refractivity contribution in [2.75, 3.05) is 55.2 Å². The predicted octanol–water partition coefficient (Wildman–Crippen LogP) is 2.77. The maximum Gasteiger partial charge on any atom is 0.232 e. The zero-order valence-electron chi connectivity index (χ0n) is 15.3. The van der Waals surface area contributed by atoms with Gasteiger partial charge in [-0.25, -0.2) is 13.4 Å². The summed E-state index contributed by atoms with van der Waals surface area (Å²) in [6.45, 7) is 6.37. The van der Waals surface area contributed by atoms with E-state index in [-0.39, 0.29) is 12.4 Å². The van der Waals surface area contributed by atoms with Gasteiger partial charge in [0, 0.05) is 43.7 Å². The molecule has 0 saturated carbocycles. The molecule has 0 aliphatic carbocycles. The van der Waals surface area contributed by atoms with Gasteiger partial charge in [-0.3, -0.25) is 4.31 Å². The molecule has 0 N–H and O–H groups in total. The van der Waals surface area contributed by atoms with E-state index < -0.39 is 10.0 Å². The summed E-state index contributed by atoms with van der Waals surface area (Å²) in [7, 11) is -1.11. The van der Waals surface area contributed by atoms with Crippen molar-refractivity contribution in [1.29, 1.82) is 0 Å². The number of hydrogen-bond donors (Lipinski definition) is 0. The number of benzene rings is 1. The minimum absolute atomic E-state index is 0. The van der Waals surface area contributed by atoms with Crippen molar-refractivity contribution < 1.29 is 8.42 Å². The van der Waals surface area contributed by atoms with Crippen molar-refractivity contribution in [3.63, 3.8) is 0 Å². The third kappa shape index (κ3) is 4.68. The number of sulfonamides is 1. The third-order valence-electron chi connectivity index (χ3n) is 4.40. The summed E-state index contributed by atoms with van der Waals surface area (Å²) in [6, 6.07) is 7.56. The van der Waals surface area contributed by atoms with Crippen molar-refractivity contribution in [3.05, 3.63) is 29.6 Å². The number of hydrogen-bond acceptors (Lipinski definition) is 6. The molecular weight excluding hydrogens is 392 g/mol. The summed E-state index contributed by atoms with van der Waals surface area (Å²) in [4.78, 5) is 9.42. The Balaban J connectivity index is 0.00000243. The Hall–Kier alpha value is -1.35. The molecule has 1 aromatic heterocycles. The first-order valence-electron chi connectivity index (χ1n) is 8.35. The topological polar surface area (TPSA) is 56.8 Å². The number of thiazole rings is 1. The minimum atomic E-state index is -3.25. The minimum Gasteiger partial charge on any atom is -0.346 e. The smallest absolute Gasteiger partial charge is 0.232 e. The fourth-order valence-electron chi connectivity index (χ4n) is 2.95. The number of piperazine rings is 1.